The van der Waals surface area contributed by atoms with Crippen LogP contribution >= 0.6 is 23.2 Å². The quantitative estimate of drug-likeness (QED) is 0.874. The number of rotatable bonds is 5. The van der Waals surface area contributed by atoms with Gasteiger partial charge in [-0.25, -0.2) is 13.1 Å². The van der Waals surface area contributed by atoms with Crippen molar-refractivity contribution in [2.75, 3.05) is 6.61 Å². The van der Waals surface area contributed by atoms with Gasteiger partial charge in [0, 0.05) is 6.04 Å². The second-order valence-corrected chi connectivity index (χ2v) is 6.01. The molecule has 0 saturated heterocycles. The summed E-state index contributed by atoms with van der Waals surface area (Å²) in [4.78, 5) is 0.0267. The smallest absolute Gasteiger partial charge is 0.240 e. The van der Waals surface area contributed by atoms with Gasteiger partial charge in [0.25, 0.3) is 0 Å². The molecule has 0 amide bonds. The van der Waals surface area contributed by atoms with Crippen molar-refractivity contribution in [1.82, 2.24) is 4.72 Å². The van der Waals surface area contributed by atoms with Gasteiger partial charge in [0.15, 0.2) is 0 Å². The molecule has 0 bridgehead atoms. The molecule has 1 atom stereocenters. The molecule has 0 aliphatic rings. The van der Waals surface area contributed by atoms with Gasteiger partial charge in [0.05, 0.1) is 21.5 Å². The van der Waals surface area contributed by atoms with Gasteiger partial charge < -0.3 is 5.11 Å². The highest BCUT2D eigenvalue weighted by Gasteiger charge is 2.19. The molecular weight excluding hydrogens is 285 g/mol. The second-order valence-electron chi connectivity index (χ2n) is 3.48. The van der Waals surface area contributed by atoms with Crippen LogP contribution in [-0.2, 0) is 10.0 Å². The van der Waals surface area contributed by atoms with Crippen LogP contribution in [0.5, 0.6) is 0 Å². The van der Waals surface area contributed by atoms with Crippen molar-refractivity contribution >= 4 is 33.2 Å². The van der Waals surface area contributed by atoms with Crippen molar-refractivity contribution in [3.8, 4) is 0 Å². The predicted octanol–water partition coefficient (Wildman–Crippen LogP) is 2.04. The predicted molar refractivity (Wildman–Crippen MR) is 67.9 cm³/mol. The molecule has 7 heteroatoms. The molecule has 4 nitrogen and oxygen atoms in total. The largest absolute Gasteiger partial charge is 0.395 e. The van der Waals surface area contributed by atoms with E-state index in [0.717, 1.165) is 0 Å². The Morgan fingerprint density at radius 2 is 2.00 bits per heavy atom. The molecule has 0 heterocycles. The number of halogens is 2. The molecule has 1 aromatic carbocycles. The first-order chi connectivity index (χ1) is 7.90. The van der Waals surface area contributed by atoms with Gasteiger partial charge in [-0.2, -0.15) is 0 Å². The molecule has 1 aromatic rings. The fourth-order valence-corrected chi connectivity index (χ4v) is 2.88. The molecule has 17 heavy (non-hydrogen) atoms. The van der Waals surface area contributed by atoms with Crippen molar-refractivity contribution in [2.45, 2.75) is 24.3 Å². The normalized spacial score (nSPS) is 13.6. The summed E-state index contributed by atoms with van der Waals surface area (Å²) in [5, 5.41) is 9.43. The Hall–Kier alpha value is -0.330. The Balaban J connectivity index is 3.01. The summed E-state index contributed by atoms with van der Waals surface area (Å²) in [5.74, 6) is 0. The number of aliphatic hydroxyl groups is 1. The fraction of sp³-hybridized carbons (Fsp3) is 0.400. The monoisotopic (exact) mass is 297 g/mol. The SMILES string of the molecule is CC[C@H](CO)NS(=O)(=O)c1ccc(Cl)c(Cl)c1. The van der Waals surface area contributed by atoms with Crippen molar-refractivity contribution in [1.29, 1.82) is 0 Å². The number of benzene rings is 1. The fourth-order valence-electron chi connectivity index (χ4n) is 1.18. The average molecular weight is 298 g/mol. The lowest BCUT2D eigenvalue weighted by Gasteiger charge is -2.14. The van der Waals surface area contributed by atoms with Gasteiger partial charge in [0.1, 0.15) is 0 Å². The third-order valence-corrected chi connectivity index (χ3v) is 4.49. The highest BCUT2D eigenvalue weighted by Crippen LogP contribution is 2.24. The van der Waals surface area contributed by atoms with Crippen LogP contribution in [0.15, 0.2) is 23.1 Å². The highest BCUT2D eigenvalue weighted by molar-refractivity contribution is 7.89. The van der Waals surface area contributed by atoms with Crippen LogP contribution < -0.4 is 4.72 Å². The van der Waals surface area contributed by atoms with E-state index in [0.29, 0.717) is 11.4 Å². The second kappa shape index (κ2) is 6.02. The molecule has 0 aliphatic heterocycles. The minimum absolute atomic E-state index is 0.0267. The van der Waals surface area contributed by atoms with E-state index in [1.54, 1.807) is 6.92 Å². The van der Waals surface area contributed by atoms with Gasteiger partial charge in [-0.3, -0.25) is 0 Å². The Labute approximate surface area is 111 Å². The highest BCUT2D eigenvalue weighted by atomic mass is 35.5. The topological polar surface area (TPSA) is 66.4 Å². The van der Waals surface area contributed by atoms with Gasteiger partial charge in [-0.05, 0) is 24.6 Å². The lowest BCUT2D eigenvalue weighted by molar-refractivity contribution is 0.254. The van der Waals surface area contributed by atoms with Crippen molar-refractivity contribution < 1.29 is 13.5 Å². The van der Waals surface area contributed by atoms with Crippen LogP contribution in [0.1, 0.15) is 13.3 Å². The van der Waals surface area contributed by atoms with Crippen LogP contribution in [0.3, 0.4) is 0 Å². The summed E-state index contributed by atoms with van der Waals surface area (Å²) in [6, 6.07) is 3.55. The number of aliphatic hydroxyl groups excluding tert-OH is 1. The zero-order valence-corrected chi connectivity index (χ0v) is 11.5. The minimum atomic E-state index is -3.68. The third kappa shape index (κ3) is 3.82. The first kappa shape index (κ1) is 14.7. The molecular formula is C10H13Cl2NO3S. The van der Waals surface area contributed by atoms with Crippen LogP contribution in [0.25, 0.3) is 0 Å². The van der Waals surface area contributed by atoms with Crippen LogP contribution in [-0.4, -0.2) is 26.2 Å². The molecule has 2 N–H and O–H groups in total. The Morgan fingerprint density at radius 1 is 1.35 bits per heavy atom. The first-order valence-electron chi connectivity index (χ1n) is 4.99. The van der Waals surface area contributed by atoms with Gasteiger partial charge in [-0.1, -0.05) is 30.1 Å². The maximum Gasteiger partial charge on any atom is 0.240 e. The molecule has 0 aromatic heterocycles. The summed E-state index contributed by atoms with van der Waals surface area (Å²) < 4.78 is 26.2. The summed E-state index contributed by atoms with van der Waals surface area (Å²) in [6.07, 6.45) is 0.497. The lowest BCUT2D eigenvalue weighted by atomic mass is 10.3. The van der Waals surface area contributed by atoms with Crippen LogP contribution in [0, 0.1) is 0 Å². The summed E-state index contributed by atoms with van der Waals surface area (Å²) in [7, 11) is -3.68. The maximum absolute atomic E-state index is 11.9. The van der Waals surface area contributed by atoms with E-state index >= 15 is 0 Å². The molecule has 0 fully saturated rings. The zero-order valence-electron chi connectivity index (χ0n) is 9.15. The standard InChI is InChI=1S/C10H13Cl2NO3S/c1-2-7(6-14)13-17(15,16)8-3-4-9(11)10(12)5-8/h3-5,7,13-14H,2,6H2,1H3/t7-/m1/s1. The van der Waals surface area contributed by atoms with Crippen LogP contribution in [0.4, 0.5) is 0 Å². The van der Waals surface area contributed by atoms with E-state index in [4.69, 9.17) is 28.3 Å². The number of sulfonamides is 1. The zero-order chi connectivity index (χ0) is 13.1. The number of hydrogen-bond donors (Lipinski definition) is 2. The molecule has 96 valence electrons. The summed E-state index contributed by atoms with van der Waals surface area (Å²) in [6.45, 7) is 1.52. The Morgan fingerprint density at radius 3 is 2.47 bits per heavy atom. The van der Waals surface area contributed by atoms with Crippen molar-refractivity contribution in [2.24, 2.45) is 0 Å². The third-order valence-electron chi connectivity index (χ3n) is 2.24. The van der Waals surface area contributed by atoms with Gasteiger partial charge in [0.2, 0.25) is 10.0 Å². The minimum Gasteiger partial charge on any atom is -0.395 e. The average Bonchev–Trinajstić information content (AvgIpc) is 2.29. The first-order valence-corrected chi connectivity index (χ1v) is 7.23. The van der Waals surface area contributed by atoms with E-state index in [1.807, 2.05) is 0 Å². The molecule has 0 saturated carbocycles. The number of hydrogen-bond acceptors (Lipinski definition) is 3. The van der Waals surface area contributed by atoms with E-state index in [2.05, 4.69) is 4.72 Å². The van der Waals surface area contributed by atoms with Crippen molar-refractivity contribution in [3.63, 3.8) is 0 Å². The van der Waals surface area contributed by atoms with E-state index in [-0.39, 0.29) is 16.5 Å². The van der Waals surface area contributed by atoms with E-state index < -0.39 is 16.1 Å². The summed E-state index contributed by atoms with van der Waals surface area (Å²) in [5.41, 5.74) is 0. The van der Waals surface area contributed by atoms with Gasteiger partial charge >= 0.3 is 0 Å². The van der Waals surface area contributed by atoms with Crippen molar-refractivity contribution in [3.05, 3.63) is 28.2 Å². The van der Waals surface area contributed by atoms with Gasteiger partial charge in [-0.15, -0.1) is 0 Å². The maximum atomic E-state index is 11.9. The lowest BCUT2D eigenvalue weighted by Crippen LogP contribution is -2.36. The Kier molecular flexibility index (Phi) is 5.22. The van der Waals surface area contributed by atoms with E-state index in [1.165, 1.54) is 18.2 Å². The van der Waals surface area contributed by atoms with Crippen LogP contribution in [0.2, 0.25) is 10.0 Å². The van der Waals surface area contributed by atoms with E-state index in [9.17, 15) is 8.42 Å². The molecule has 0 radical (unpaired) electrons. The molecule has 0 aliphatic carbocycles. The summed E-state index contributed by atoms with van der Waals surface area (Å²) >= 11 is 11.5. The molecule has 0 unspecified atom stereocenters. The molecule has 1 rings (SSSR count). The molecule has 0 spiro atoms. The number of nitrogens with one attached hydrogen (secondary N) is 1. The Bertz CT molecular complexity index is 486.